The molecule has 1 saturated carbocycles. The first-order chi connectivity index (χ1) is 11.1. The molecule has 1 aliphatic rings. The van der Waals surface area contributed by atoms with Crippen LogP contribution >= 0.6 is 0 Å². The van der Waals surface area contributed by atoms with Gasteiger partial charge in [0.1, 0.15) is 6.54 Å². The van der Waals surface area contributed by atoms with Crippen LogP contribution in [0.4, 0.5) is 5.69 Å². The Morgan fingerprint density at radius 1 is 1.22 bits per heavy atom. The molecule has 1 aromatic carbocycles. The summed E-state index contributed by atoms with van der Waals surface area (Å²) in [4.78, 5) is 25.2. The van der Waals surface area contributed by atoms with Gasteiger partial charge >= 0.3 is 5.97 Å². The van der Waals surface area contributed by atoms with Crippen LogP contribution in [0.2, 0.25) is 0 Å². The number of nitrogens with zero attached hydrogens (tertiary/aromatic N) is 1. The molecule has 0 spiro atoms. The van der Waals surface area contributed by atoms with Crippen molar-refractivity contribution in [2.75, 3.05) is 18.4 Å². The molecule has 0 aromatic heterocycles. The minimum Gasteiger partial charge on any atom is -0.480 e. The second-order valence-electron chi connectivity index (χ2n) is 6.15. The van der Waals surface area contributed by atoms with Crippen molar-refractivity contribution in [1.82, 2.24) is 4.90 Å². The second kappa shape index (κ2) is 8.56. The largest absolute Gasteiger partial charge is 0.480 e. The molecule has 0 aliphatic heterocycles. The van der Waals surface area contributed by atoms with Gasteiger partial charge in [0.2, 0.25) is 0 Å². The number of carbonyl (C=O) groups is 2. The number of anilines is 1. The third kappa shape index (κ3) is 4.98. The van der Waals surface area contributed by atoms with E-state index in [4.69, 9.17) is 5.11 Å². The van der Waals surface area contributed by atoms with Crippen molar-refractivity contribution in [3.05, 3.63) is 29.8 Å². The van der Waals surface area contributed by atoms with Gasteiger partial charge in [-0.1, -0.05) is 38.3 Å². The smallest absolute Gasteiger partial charge is 0.323 e. The Bertz CT molecular complexity index is 539. The van der Waals surface area contributed by atoms with E-state index in [1.807, 2.05) is 25.1 Å². The summed E-state index contributed by atoms with van der Waals surface area (Å²) in [5, 5.41) is 12.5. The molecule has 5 heteroatoms. The van der Waals surface area contributed by atoms with Crippen LogP contribution in [-0.4, -0.2) is 41.0 Å². The number of hydrogen-bond acceptors (Lipinski definition) is 3. The number of carbonyl (C=O) groups excluding carboxylic acids is 1. The monoisotopic (exact) mass is 318 g/mol. The van der Waals surface area contributed by atoms with E-state index in [9.17, 15) is 9.59 Å². The third-order valence-electron chi connectivity index (χ3n) is 4.23. The molecule has 23 heavy (non-hydrogen) atoms. The quantitative estimate of drug-likeness (QED) is 0.808. The predicted molar refractivity (Wildman–Crippen MR) is 90.8 cm³/mol. The number of benzene rings is 1. The molecule has 2 N–H and O–H groups in total. The standard InChI is InChI=1S/C18H26N2O3/c1-2-12-20(13-17(21)22)18(23)15-10-6-7-11-16(15)19-14-8-4-3-5-9-14/h6-7,10-11,14,19H,2-5,8-9,12-13H2,1H3,(H,21,22). The van der Waals surface area contributed by atoms with Crippen LogP contribution in [0.5, 0.6) is 0 Å². The van der Waals surface area contributed by atoms with Crippen LogP contribution in [0.3, 0.4) is 0 Å². The van der Waals surface area contributed by atoms with Gasteiger partial charge in [-0.05, 0) is 31.4 Å². The number of nitrogens with one attached hydrogen (secondary N) is 1. The van der Waals surface area contributed by atoms with E-state index >= 15 is 0 Å². The summed E-state index contributed by atoms with van der Waals surface area (Å²) >= 11 is 0. The molecule has 126 valence electrons. The lowest BCUT2D eigenvalue weighted by Gasteiger charge is -2.26. The first-order valence-corrected chi connectivity index (χ1v) is 8.48. The Kier molecular flexibility index (Phi) is 6.44. The van der Waals surface area contributed by atoms with Gasteiger partial charge in [0.25, 0.3) is 5.91 Å². The van der Waals surface area contributed by atoms with Crippen molar-refractivity contribution in [3.63, 3.8) is 0 Å². The van der Waals surface area contributed by atoms with Crippen LogP contribution in [0.25, 0.3) is 0 Å². The zero-order valence-electron chi connectivity index (χ0n) is 13.8. The molecule has 0 heterocycles. The zero-order valence-corrected chi connectivity index (χ0v) is 13.8. The summed E-state index contributed by atoms with van der Waals surface area (Å²) in [6.07, 6.45) is 6.69. The highest BCUT2D eigenvalue weighted by atomic mass is 16.4. The lowest BCUT2D eigenvalue weighted by atomic mass is 9.95. The first kappa shape index (κ1) is 17.3. The molecular weight excluding hydrogens is 292 g/mol. The summed E-state index contributed by atoms with van der Waals surface area (Å²) in [5.41, 5.74) is 1.38. The molecule has 0 saturated heterocycles. The second-order valence-corrected chi connectivity index (χ2v) is 6.15. The normalized spacial score (nSPS) is 15.2. The van der Waals surface area contributed by atoms with Gasteiger partial charge in [0.05, 0.1) is 5.56 Å². The number of aliphatic carboxylic acids is 1. The molecule has 1 amide bonds. The van der Waals surface area contributed by atoms with E-state index in [-0.39, 0.29) is 12.5 Å². The fraction of sp³-hybridized carbons (Fsp3) is 0.556. The number of carboxylic acid groups (broad SMARTS) is 1. The van der Waals surface area contributed by atoms with Gasteiger partial charge < -0.3 is 15.3 Å². The maximum Gasteiger partial charge on any atom is 0.323 e. The summed E-state index contributed by atoms with van der Waals surface area (Å²) in [7, 11) is 0. The highest BCUT2D eigenvalue weighted by molar-refractivity contribution is 6.00. The van der Waals surface area contributed by atoms with Crippen molar-refractivity contribution in [1.29, 1.82) is 0 Å². The van der Waals surface area contributed by atoms with Crippen LogP contribution < -0.4 is 5.32 Å². The number of para-hydroxylation sites is 1. The first-order valence-electron chi connectivity index (χ1n) is 8.48. The Balaban J connectivity index is 2.16. The number of amides is 1. The fourth-order valence-electron chi connectivity index (χ4n) is 3.12. The maximum atomic E-state index is 12.8. The molecule has 5 nitrogen and oxygen atoms in total. The Morgan fingerprint density at radius 2 is 1.91 bits per heavy atom. The SMILES string of the molecule is CCCN(CC(=O)O)C(=O)c1ccccc1NC1CCCCC1. The van der Waals surface area contributed by atoms with E-state index in [1.54, 1.807) is 6.07 Å². The minimum atomic E-state index is -0.982. The Hall–Kier alpha value is -2.04. The van der Waals surface area contributed by atoms with Crippen molar-refractivity contribution in [2.24, 2.45) is 0 Å². The highest BCUT2D eigenvalue weighted by Gasteiger charge is 2.22. The van der Waals surface area contributed by atoms with E-state index in [0.29, 0.717) is 18.2 Å². The van der Waals surface area contributed by atoms with Crippen LogP contribution in [0.1, 0.15) is 55.8 Å². The summed E-state index contributed by atoms with van der Waals surface area (Å²) in [5.74, 6) is -1.20. The summed E-state index contributed by atoms with van der Waals surface area (Å²) in [6, 6.07) is 7.81. The van der Waals surface area contributed by atoms with Gasteiger partial charge in [-0.25, -0.2) is 0 Å². The van der Waals surface area contributed by atoms with Crippen molar-refractivity contribution in [3.8, 4) is 0 Å². The van der Waals surface area contributed by atoms with Gasteiger partial charge in [-0.15, -0.1) is 0 Å². The maximum absolute atomic E-state index is 12.8. The van der Waals surface area contributed by atoms with Gasteiger partial charge in [0.15, 0.2) is 0 Å². The number of rotatable bonds is 7. The molecule has 1 fully saturated rings. The van der Waals surface area contributed by atoms with Gasteiger partial charge in [-0.3, -0.25) is 9.59 Å². The van der Waals surface area contributed by atoms with E-state index < -0.39 is 5.97 Å². The molecule has 0 unspecified atom stereocenters. The summed E-state index contributed by atoms with van der Waals surface area (Å²) in [6.45, 7) is 2.13. The molecule has 1 aromatic rings. The fourth-order valence-corrected chi connectivity index (χ4v) is 3.12. The minimum absolute atomic E-state index is 0.215. The average molecular weight is 318 g/mol. The topological polar surface area (TPSA) is 69.6 Å². The number of hydrogen-bond donors (Lipinski definition) is 2. The van der Waals surface area contributed by atoms with E-state index in [1.165, 1.54) is 24.2 Å². The molecule has 2 rings (SSSR count). The molecule has 0 radical (unpaired) electrons. The van der Waals surface area contributed by atoms with Crippen LogP contribution in [0.15, 0.2) is 24.3 Å². The predicted octanol–water partition coefficient (Wildman–Crippen LogP) is 3.37. The number of carboxylic acids is 1. The van der Waals surface area contributed by atoms with E-state index in [2.05, 4.69) is 5.32 Å². The van der Waals surface area contributed by atoms with E-state index in [0.717, 1.165) is 24.9 Å². The molecule has 0 bridgehead atoms. The zero-order chi connectivity index (χ0) is 16.7. The molecule has 0 atom stereocenters. The van der Waals surface area contributed by atoms with Crippen molar-refractivity contribution < 1.29 is 14.7 Å². The van der Waals surface area contributed by atoms with Crippen molar-refractivity contribution in [2.45, 2.75) is 51.5 Å². The van der Waals surface area contributed by atoms with Crippen LogP contribution in [0, 0.1) is 0 Å². The summed E-state index contributed by atoms with van der Waals surface area (Å²) < 4.78 is 0. The molecular formula is C18H26N2O3. The highest BCUT2D eigenvalue weighted by Crippen LogP contribution is 2.24. The van der Waals surface area contributed by atoms with Gasteiger partial charge in [0, 0.05) is 18.3 Å². The lowest BCUT2D eigenvalue weighted by Crippen LogP contribution is -2.37. The molecule has 1 aliphatic carbocycles. The van der Waals surface area contributed by atoms with Crippen LogP contribution in [-0.2, 0) is 4.79 Å². The Morgan fingerprint density at radius 3 is 2.57 bits per heavy atom. The average Bonchev–Trinajstić information content (AvgIpc) is 2.55. The van der Waals surface area contributed by atoms with Gasteiger partial charge in [-0.2, -0.15) is 0 Å². The Labute approximate surface area is 137 Å². The van der Waals surface area contributed by atoms with Crippen molar-refractivity contribution >= 4 is 17.6 Å². The third-order valence-corrected chi connectivity index (χ3v) is 4.23. The lowest BCUT2D eigenvalue weighted by molar-refractivity contribution is -0.137.